The Morgan fingerprint density at radius 2 is 1.79 bits per heavy atom. The third-order valence-electron chi connectivity index (χ3n) is 5.20. The van der Waals surface area contributed by atoms with Gasteiger partial charge in [-0.25, -0.2) is 0 Å². The zero-order valence-corrected chi connectivity index (χ0v) is 17.9. The van der Waals surface area contributed by atoms with Gasteiger partial charge in [0.05, 0.1) is 44.7 Å². The van der Waals surface area contributed by atoms with Crippen molar-refractivity contribution in [3.63, 3.8) is 0 Å². The Morgan fingerprint density at radius 1 is 1.10 bits per heavy atom. The van der Waals surface area contributed by atoms with Gasteiger partial charge in [-0.3, -0.25) is 4.98 Å². The standard InChI is InChI=1S/C23H31N3O3/c1-5-23-18(13-20(17-24-23)26-9-11-29-12-10-26)7-8-25(6-2)19-14-21(27-3)16-22(15-19)28-4/h5,7,13-17H,6,8-12H2,1-4H3/b18-7-,23-5+. The van der Waals surface area contributed by atoms with Crippen LogP contribution in [-0.2, 0) is 4.74 Å². The maximum atomic E-state index is 5.47. The van der Waals surface area contributed by atoms with E-state index >= 15 is 0 Å². The van der Waals surface area contributed by atoms with Crippen LogP contribution in [0.4, 0.5) is 11.4 Å². The topological polar surface area (TPSA) is 47.1 Å². The molecule has 1 saturated heterocycles. The fraction of sp³-hybridized carbons (Fsp3) is 0.435. The van der Waals surface area contributed by atoms with Gasteiger partial charge in [-0.15, -0.1) is 0 Å². The highest BCUT2D eigenvalue weighted by molar-refractivity contribution is 5.58. The Kier molecular flexibility index (Phi) is 7.36. The van der Waals surface area contributed by atoms with E-state index in [1.165, 1.54) is 0 Å². The maximum absolute atomic E-state index is 5.47. The van der Waals surface area contributed by atoms with E-state index in [9.17, 15) is 0 Å². The number of methoxy groups -OCH3 is 2. The maximum Gasteiger partial charge on any atom is 0.124 e. The van der Waals surface area contributed by atoms with Gasteiger partial charge in [0.2, 0.25) is 0 Å². The number of anilines is 2. The number of nitrogens with zero attached hydrogens (tertiary/aromatic N) is 3. The molecule has 0 N–H and O–H groups in total. The van der Waals surface area contributed by atoms with Crippen LogP contribution in [0.2, 0.25) is 0 Å². The van der Waals surface area contributed by atoms with E-state index in [1.807, 2.05) is 31.3 Å². The molecule has 1 aliphatic rings. The Hall–Kier alpha value is -2.73. The molecular formula is C23H31N3O3. The van der Waals surface area contributed by atoms with E-state index in [0.717, 1.165) is 72.8 Å². The largest absolute Gasteiger partial charge is 0.497 e. The summed E-state index contributed by atoms with van der Waals surface area (Å²) in [6.45, 7) is 9.15. The molecule has 0 radical (unpaired) electrons. The Balaban J connectivity index is 1.90. The Bertz CT molecular complexity index is 901. The van der Waals surface area contributed by atoms with Gasteiger partial charge in [-0.05, 0) is 25.1 Å². The van der Waals surface area contributed by atoms with Crippen molar-refractivity contribution < 1.29 is 14.2 Å². The van der Waals surface area contributed by atoms with Crippen LogP contribution >= 0.6 is 0 Å². The predicted molar refractivity (Wildman–Crippen MR) is 119 cm³/mol. The SMILES string of the molecule is C/C=c1/ncc(N2CCOCC2)c/c1=C/CN(CC)c1cc(OC)cc(OC)c1. The van der Waals surface area contributed by atoms with Gasteiger partial charge in [0.15, 0.2) is 0 Å². The molecular weight excluding hydrogens is 366 g/mol. The third-order valence-corrected chi connectivity index (χ3v) is 5.20. The number of hydrogen-bond donors (Lipinski definition) is 0. The van der Waals surface area contributed by atoms with E-state index in [4.69, 9.17) is 14.2 Å². The summed E-state index contributed by atoms with van der Waals surface area (Å²) in [7, 11) is 3.35. The van der Waals surface area contributed by atoms with Gasteiger partial charge in [0.1, 0.15) is 11.5 Å². The van der Waals surface area contributed by atoms with Crippen molar-refractivity contribution in [1.82, 2.24) is 4.98 Å². The van der Waals surface area contributed by atoms with Crippen LogP contribution in [0.5, 0.6) is 11.5 Å². The Morgan fingerprint density at radius 3 is 2.38 bits per heavy atom. The molecule has 156 valence electrons. The van der Waals surface area contributed by atoms with E-state index in [0.29, 0.717) is 0 Å². The van der Waals surface area contributed by atoms with Gasteiger partial charge in [-0.1, -0.05) is 12.2 Å². The first kappa shape index (κ1) is 21.0. The van der Waals surface area contributed by atoms with Crippen molar-refractivity contribution >= 4 is 23.5 Å². The van der Waals surface area contributed by atoms with E-state index < -0.39 is 0 Å². The summed E-state index contributed by atoms with van der Waals surface area (Å²) in [6.07, 6.45) is 6.25. The minimum Gasteiger partial charge on any atom is -0.497 e. The van der Waals surface area contributed by atoms with Crippen molar-refractivity contribution in [3.05, 3.63) is 41.0 Å². The smallest absolute Gasteiger partial charge is 0.124 e. The molecule has 2 aromatic rings. The normalized spacial score (nSPS) is 15.5. The lowest BCUT2D eigenvalue weighted by Gasteiger charge is -2.28. The van der Waals surface area contributed by atoms with Crippen molar-refractivity contribution in [2.24, 2.45) is 0 Å². The van der Waals surface area contributed by atoms with Crippen molar-refractivity contribution in [1.29, 1.82) is 0 Å². The molecule has 0 bridgehead atoms. The monoisotopic (exact) mass is 397 g/mol. The zero-order chi connectivity index (χ0) is 20.6. The quantitative estimate of drug-likeness (QED) is 0.713. The molecule has 6 heteroatoms. The van der Waals surface area contributed by atoms with Crippen molar-refractivity contribution in [2.75, 3.05) is 63.4 Å². The van der Waals surface area contributed by atoms with Crippen molar-refractivity contribution in [3.8, 4) is 11.5 Å². The number of hydrogen-bond acceptors (Lipinski definition) is 6. The molecule has 1 aromatic heterocycles. The average Bonchev–Trinajstić information content (AvgIpc) is 2.79. The number of morpholine rings is 1. The van der Waals surface area contributed by atoms with Crippen molar-refractivity contribution in [2.45, 2.75) is 13.8 Å². The second-order valence-electron chi connectivity index (χ2n) is 6.87. The summed E-state index contributed by atoms with van der Waals surface area (Å²) in [5, 5.41) is 2.14. The van der Waals surface area contributed by atoms with Gasteiger partial charge in [-0.2, -0.15) is 0 Å². The van der Waals surface area contributed by atoms with Crippen LogP contribution < -0.4 is 29.8 Å². The summed E-state index contributed by atoms with van der Waals surface area (Å²) in [4.78, 5) is 9.29. The lowest BCUT2D eigenvalue weighted by atomic mass is 10.2. The first-order valence-electron chi connectivity index (χ1n) is 10.1. The molecule has 6 nitrogen and oxygen atoms in total. The number of ether oxygens (including phenoxy) is 3. The number of pyridine rings is 1. The number of benzene rings is 1. The summed E-state index contributed by atoms with van der Waals surface area (Å²) < 4.78 is 16.3. The lowest BCUT2D eigenvalue weighted by molar-refractivity contribution is 0.122. The van der Waals surface area contributed by atoms with Crippen LogP contribution in [0.1, 0.15) is 13.8 Å². The molecule has 0 atom stereocenters. The highest BCUT2D eigenvalue weighted by Crippen LogP contribution is 2.28. The summed E-state index contributed by atoms with van der Waals surface area (Å²) in [5.41, 5.74) is 2.22. The minimum absolute atomic E-state index is 0.766. The molecule has 3 rings (SSSR count). The van der Waals surface area contributed by atoms with Crippen LogP contribution in [0.15, 0.2) is 30.5 Å². The molecule has 0 spiro atoms. The van der Waals surface area contributed by atoms with E-state index in [-0.39, 0.29) is 0 Å². The molecule has 1 aromatic carbocycles. The third kappa shape index (κ3) is 5.21. The van der Waals surface area contributed by atoms with Gasteiger partial charge in [0.25, 0.3) is 0 Å². The molecule has 1 aliphatic heterocycles. The molecule has 0 amide bonds. The second kappa shape index (κ2) is 10.2. The molecule has 0 aliphatic carbocycles. The number of aromatic nitrogens is 1. The van der Waals surface area contributed by atoms with Crippen LogP contribution in [-0.4, -0.2) is 58.6 Å². The minimum atomic E-state index is 0.766. The molecule has 1 fully saturated rings. The van der Waals surface area contributed by atoms with Crippen LogP contribution in [0.3, 0.4) is 0 Å². The summed E-state index contributed by atoms with van der Waals surface area (Å²) in [6, 6.07) is 8.19. The second-order valence-corrected chi connectivity index (χ2v) is 6.87. The van der Waals surface area contributed by atoms with E-state index in [1.54, 1.807) is 14.2 Å². The highest BCUT2D eigenvalue weighted by atomic mass is 16.5. The first-order valence-corrected chi connectivity index (χ1v) is 10.1. The first-order chi connectivity index (χ1) is 14.2. The van der Waals surface area contributed by atoms with Crippen LogP contribution in [0, 0.1) is 0 Å². The average molecular weight is 398 g/mol. The fourth-order valence-corrected chi connectivity index (χ4v) is 3.48. The highest BCUT2D eigenvalue weighted by Gasteiger charge is 2.12. The predicted octanol–water partition coefficient (Wildman–Crippen LogP) is 2.04. The summed E-state index contributed by atoms with van der Waals surface area (Å²) in [5.74, 6) is 1.58. The fourth-order valence-electron chi connectivity index (χ4n) is 3.48. The molecule has 0 unspecified atom stereocenters. The van der Waals surface area contributed by atoms with Gasteiger partial charge < -0.3 is 24.0 Å². The molecule has 29 heavy (non-hydrogen) atoms. The van der Waals surface area contributed by atoms with Gasteiger partial charge in [0, 0.05) is 50.1 Å². The van der Waals surface area contributed by atoms with Gasteiger partial charge >= 0.3 is 0 Å². The Labute approximate surface area is 173 Å². The number of rotatable bonds is 7. The molecule has 0 saturated carbocycles. The lowest BCUT2D eigenvalue weighted by Crippen LogP contribution is -2.38. The summed E-state index contributed by atoms with van der Waals surface area (Å²) >= 11 is 0. The van der Waals surface area contributed by atoms with Crippen LogP contribution in [0.25, 0.3) is 12.2 Å². The van der Waals surface area contributed by atoms with E-state index in [2.05, 4.69) is 39.9 Å². The molecule has 2 heterocycles. The zero-order valence-electron chi connectivity index (χ0n) is 17.9.